The van der Waals surface area contributed by atoms with E-state index >= 15 is 0 Å². The summed E-state index contributed by atoms with van der Waals surface area (Å²) in [6.45, 7) is 8.05. The van der Waals surface area contributed by atoms with E-state index in [1.807, 2.05) is 26.8 Å². The monoisotopic (exact) mass is 298 g/mol. The molecule has 0 bridgehead atoms. The molecule has 0 unspecified atom stereocenters. The van der Waals surface area contributed by atoms with Gasteiger partial charge in [0.1, 0.15) is 0 Å². The number of hydrogen-bond donors (Lipinski definition) is 0. The number of rotatable bonds is 7. The minimum Gasteiger partial charge on any atom is -0.296 e. The highest BCUT2D eigenvalue weighted by Crippen LogP contribution is 2.70. The van der Waals surface area contributed by atoms with E-state index in [2.05, 4.69) is 6.92 Å². The van der Waals surface area contributed by atoms with E-state index in [0.717, 1.165) is 23.5 Å². The van der Waals surface area contributed by atoms with Gasteiger partial charge in [-0.15, -0.1) is 0 Å². The minimum atomic E-state index is -2.36. The van der Waals surface area contributed by atoms with Crippen LogP contribution in [-0.4, -0.2) is 11.5 Å². The standard InChI is InChI=1S/C11H20ClOPS2/c1-5-10(6-2)11(12)9-14(13,15-7-3)16-8-4/h5,9H,6-8H2,1-4H3/b10-5-,11-9?. The minimum absolute atomic E-state index is 0.648. The fourth-order valence-electron chi connectivity index (χ4n) is 1.20. The van der Waals surface area contributed by atoms with E-state index in [1.54, 1.807) is 5.82 Å². The van der Waals surface area contributed by atoms with Crippen molar-refractivity contribution in [1.82, 2.24) is 0 Å². The highest BCUT2D eigenvalue weighted by atomic mass is 35.5. The maximum absolute atomic E-state index is 12.5. The Labute approximate surface area is 112 Å². The summed E-state index contributed by atoms with van der Waals surface area (Å²) in [7, 11) is 0. The molecule has 0 N–H and O–H groups in total. The van der Waals surface area contributed by atoms with Crippen LogP contribution < -0.4 is 0 Å². The molecule has 0 aliphatic carbocycles. The van der Waals surface area contributed by atoms with Crippen LogP contribution >= 0.6 is 39.9 Å². The number of allylic oxidation sites excluding steroid dienone is 3. The first kappa shape index (κ1) is 16.7. The lowest BCUT2D eigenvalue weighted by atomic mass is 10.2. The third-order valence-electron chi connectivity index (χ3n) is 1.93. The zero-order chi connectivity index (χ0) is 12.6. The van der Waals surface area contributed by atoms with Gasteiger partial charge in [0.15, 0.2) is 0 Å². The van der Waals surface area contributed by atoms with E-state index < -0.39 is 5.55 Å². The number of halogens is 1. The molecule has 0 saturated heterocycles. The van der Waals surface area contributed by atoms with E-state index in [9.17, 15) is 4.57 Å². The SMILES string of the molecule is C/C=C(/CC)C(Cl)=CP(=O)(SCC)SCC. The van der Waals surface area contributed by atoms with Crippen LogP contribution in [0.15, 0.2) is 22.5 Å². The van der Waals surface area contributed by atoms with Crippen LogP contribution in [0.5, 0.6) is 0 Å². The molecule has 0 aromatic rings. The van der Waals surface area contributed by atoms with Gasteiger partial charge in [-0.3, -0.25) is 4.57 Å². The molecule has 94 valence electrons. The molecule has 0 aromatic carbocycles. The molecule has 5 heteroatoms. The Hall–Kier alpha value is 0.700. The average molecular weight is 299 g/mol. The Morgan fingerprint density at radius 3 is 2.06 bits per heavy atom. The molecule has 0 rings (SSSR count). The van der Waals surface area contributed by atoms with E-state index in [0.29, 0.717) is 5.03 Å². The Morgan fingerprint density at radius 2 is 1.75 bits per heavy atom. The Balaban J connectivity index is 4.97. The van der Waals surface area contributed by atoms with Gasteiger partial charge in [-0.25, -0.2) is 0 Å². The van der Waals surface area contributed by atoms with Gasteiger partial charge in [0, 0.05) is 10.8 Å². The first-order chi connectivity index (χ1) is 7.52. The molecule has 0 aliphatic heterocycles. The van der Waals surface area contributed by atoms with Gasteiger partial charge in [-0.2, -0.15) is 0 Å². The van der Waals surface area contributed by atoms with Crippen molar-refractivity contribution in [3.8, 4) is 0 Å². The second kappa shape index (κ2) is 8.74. The largest absolute Gasteiger partial charge is 0.296 e. The molecular weight excluding hydrogens is 279 g/mol. The molecule has 0 atom stereocenters. The van der Waals surface area contributed by atoms with E-state index in [1.165, 1.54) is 22.8 Å². The van der Waals surface area contributed by atoms with Gasteiger partial charge in [0.05, 0.1) is 0 Å². The topological polar surface area (TPSA) is 17.1 Å². The van der Waals surface area contributed by atoms with Crippen LogP contribution in [0, 0.1) is 0 Å². The summed E-state index contributed by atoms with van der Waals surface area (Å²) in [5, 5.41) is 0.648. The maximum Gasteiger partial charge on any atom is 0.213 e. The van der Waals surface area contributed by atoms with Gasteiger partial charge < -0.3 is 0 Å². The molecule has 0 heterocycles. The van der Waals surface area contributed by atoms with E-state index in [-0.39, 0.29) is 0 Å². The van der Waals surface area contributed by atoms with Crippen molar-refractivity contribution >= 4 is 39.9 Å². The molecule has 0 radical (unpaired) electrons. The van der Waals surface area contributed by atoms with E-state index in [4.69, 9.17) is 11.6 Å². The molecule has 16 heavy (non-hydrogen) atoms. The van der Waals surface area contributed by atoms with Crippen molar-refractivity contribution in [3.05, 3.63) is 22.5 Å². The van der Waals surface area contributed by atoms with Gasteiger partial charge in [-0.1, -0.05) is 61.2 Å². The van der Waals surface area contributed by atoms with Crippen LogP contribution in [0.4, 0.5) is 0 Å². The van der Waals surface area contributed by atoms with Crippen molar-refractivity contribution in [2.45, 2.75) is 34.1 Å². The molecule has 0 aliphatic rings. The second-order valence-corrected chi connectivity index (χ2v) is 11.9. The normalized spacial score (nSPS) is 14.3. The Morgan fingerprint density at radius 1 is 1.25 bits per heavy atom. The van der Waals surface area contributed by atoms with Crippen LogP contribution in [0.1, 0.15) is 34.1 Å². The molecule has 0 saturated carbocycles. The molecule has 0 spiro atoms. The summed E-state index contributed by atoms with van der Waals surface area (Å²) in [5.41, 5.74) is -1.29. The zero-order valence-corrected chi connectivity index (χ0v) is 13.6. The lowest BCUT2D eigenvalue weighted by molar-refractivity contribution is 0.598. The second-order valence-electron chi connectivity index (χ2n) is 3.02. The predicted octanol–water partition coefficient (Wildman–Crippen LogP) is 6.12. The zero-order valence-electron chi connectivity index (χ0n) is 10.3. The highest BCUT2D eigenvalue weighted by Gasteiger charge is 2.20. The number of hydrogen-bond acceptors (Lipinski definition) is 3. The molecule has 0 amide bonds. The van der Waals surface area contributed by atoms with Crippen molar-refractivity contribution in [2.75, 3.05) is 11.5 Å². The molecule has 1 nitrogen and oxygen atoms in total. The van der Waals surface area contributed by atoms with Gasteiger partial charge in [0.2, 0.25) is 5.55 Å². The lowest BCUT2D eigenvalue weighted by Crippen LogP contribution is -1.81. The molecule has 0 aromatic heterocycles. The predicted molar refractivity (Wildman–Crippen MR) is 81.9 cm³/mol. The van der Waals surface area contributed by atoms with Crippen LogP contribution in [-0.2, 0) is 4.57 Å². The van der Waals surface area contributed by atoms with Gasteiger partial charge in [-0.05, 0) is 30.4 Å². The summed E-state index contributed by atoms with van der Waals surface area (Å²) in [4.78, 5) is 0. The first-order valence-corrected chi connectivity index (χ1v) is 10.8. The lowest BCUT2D eigenvalue weighted by Gasteiger charge is -2.12. The maximum atomic E-state index is 12.5. The van der Waals surface area contributed by atoms with Gasteiger partial charge in [0.25, 0.3) is 0 Å². The summed E-state index contributed by atoms with van der Waals surface area (Å²) in [6.07, 6.45) is 2.86. The third-order valence-corrected chi connectivity index (χ3v) is 10.5. The summed E-state index contributed by atoms with van der Waals surface area (Å²) >= 11 is 9.20. The smallest absolute Gasteiger partial charge is 0.213 e. The summed E-state index contributed by atoms with van der Waals surface area (Å²) < 4.78 is 12.5. The van der Waals surface area contributed by atoms with Crippen LogP contribution in [0.3, 0.4) is 0 Å². The average Bonchev–Trinajstić information content (AvgIpc) is 2.19. The fourth-order valence-corrected chi connectivity index (χ4v) is 9.62. The summed E-state index contributed by atoms with van der Waals surface area (Å²) in [5.74, 6) is 3.46. The first-order valence-electron chi connectivity index (χ1n) is 5.45. The van der Waals surface area contributed by atoms with Crippen molar-refractivity contribution in [3.63, 3.8) is 0 Å². The van der Waals surface area contributed by atoms with Crippen molar-refractivity contribution in [1.29, 1.82) is 0 Å². The van der Waals surface area contributed by atoms with Crippen molar-refractivity contribution in [2.24, 2.45) is 0 Å². The quantitative estimate of drug-likeness (QED) is 0.416. The third kappa shape index (κ3) is 5.86. The van der Waals surface area contributed by atoms with Crippen LogP contribution in [0.2, 0.25) is 0 Å². The summed E-state index contributed by atoms with van der Waals surface area (Å²) in [6, 6.07) is 0. The molecular formula is C11H20ClOPS2. The van der Waals surface area contributed by atoms with Gasteiger partial charge >= 0.3 is 0 Å². The van der Waals surface area contributed by atoms with Crippen LogP contribution in [0.25, 0.3) is 0 Å². The Kier molecular flexibility index (Phi) is 9.12. The van der Waals surface area contributed by atoms with Crippen molar-refractivity contribution < 1.29 is 4.57 Å². The molecule has 0 fully saturated rings. The highest BCUT2D eigenvalue weighted by molar-refractivity contribution is 8.91. The Bertz CT molecular complexity index is 303. The fraction of sp³-hybridized carbons (Fsp3) is 0.636.